The predicted molar refractivity (Wildman–Crippen MR) is 93.5 cm³/mol. The van der Waals surface area contributed by atoms with Gasteiger partial charge in [-0.2, -0.15) is 10.2 Å². The fraction of sp³-hybridized carbons (Fsp3) is 0.111. The number of hydrazone groups is 2. The van der Waals surface area contributed by atoms with Crippen molar-refractivity contribution in [2.75, 3.05) is 0 Å². The van der Waals surface area contributed by atoms with Gasteiger partial charge in [0, 0.05) is 0 Å². The molecule has 0 aromatic heterocycles. The average molecular weight is 358 g/mol. The third-order valence-electron chi connectivity index (χ3n) is 3.38. The summed E-state index contributed by atoms with van der Waals surface area (Å²) in [5.41, 5.74) is 6.17. The fourth-order valence-electron chi connectivity index (χ4n) is 1.88. The van der Waals surface area contributed by atoms with Crippen molar-refractivity contribution in [3.8, 4) is 0 Å². The topological polar surface area (TPSA) is 82.9 Å². The normalized spacial score (nSPS) is 11.8. The van der Waals surface area contributed by atoms with Crippen LogP contribution < -0.4 is 10.9 Å². The van der Waals surface area contributed by atoms with Gasteiger partial charge in [0.1, 0.15) is 11.6 Å². The van der Waals surface area contributed by atoms with E-state index in [4.69, 9.17) is 0 Å². The Labute approximate surface area is 148 Å². The van der Waals surface area contributed by atoms with Crippen molar-refractivity contribution < 1.29 is 18.4 Å². The number of carbonyl (C=O) groups is 2. The van der Waals surface area contributed by atoms with Crippen LogP contribution in [-0.2, 0) is 9.59 Å². The van der Waals surface area contributed by atoms with E-state index >= 15 is 0 Å². The molecule has 0 saturated heterocycles. The van der Waals surface area contributed by atoms with Gasteiger partial charge in [-0.25, -0.2) is 19.6 Å². The van der Waals surface area contributed by atoms with Crippen molar-refractivity contribution in [3.63, 3.8) is 0 Å². The van der Waals surface area contributed by atoms with Gasteiger partial charge in [0.05, 0.1) is 11.4 Å². The van der Waals surface area contributed by atoms with E-state index in [-0.39, 0.29) is 11.6 Å². The Hall–Kier alpha value is -3.42. The molecule has 2 N–H and O–H groups in total. The molecule has 2 rings (SSSR count). The Kier molecular flexibility index (Phi) is 6.26. The maximum atomic E-state index is 12.9. The second-order valence-corrected chi connectivity index (χ2v) is 5.29. The summed E-state index contributed by atoms with van der Waals surface area (Å²) in [6, 6.07) is 11.0. The van der Waals surface area contributed by atoms with Crippen LogP contribution in [0.2, 0.25) is 0 Å². The van der Waals surface area contributed by atoms with Crippen LogP contribution >= 0.6 is 0 Å². The maximum absolute atomic E-state index is 12.9. The Morgan fingerprint density at radius 1 is 0.692 bits per heavy atom. The van der Waals surface area contributed by atoms with Gasteiger partial charge in [-0.05, 0) is 49.2 Å². The monoisotopic (exact) mass is 358 g/mol. The first-order chi connectivity index (χ1) is 12.4. The molecule has 0 unspecified atom stereocenters. The Morgan fingerprint density at radius 3 is 1.31 bits per heavy atom. The Morgan fingerprint density at radius 2 is 1.00 bits per heavy atom. The van der Waals surface area contributed by atoms with Gasteiger partial charge in [-0.3, -0.25) is 9.59 Å². The summed E-state index contributed by atoms with van der Waals surface area (Å²) in [5, 5.41) is 7.57. The van der Waals surface area contributed by atoms with E-state index in [0.29, 0.717) is 22.6 Å². The summed E-state index contributed by atoms with van der Waals surface area (Å²) in [7, 11) is 0. The number of hydrogen-bond acceptors (Lipinski definition) is 4. The first kappa shape index (κ1) is 18.9. The molecule has 2 amide bonds. The number of nitrogens with one attached hydrogen (secondary N) is 2. The van der Waals surface area contributed by atoms with Crippen molar-refractivity contribution in [2.24, 2.45) is 10.2 Å². The number of nitrogens with zero attached hydrogens (tertiary/aromatic N) is 2. The van der Waals surface area contributed by atoms with Crippen LogP contribution in [0.3, 0.4) is 0 Å². The fourth-order valence-corrected chi connectivity index (χ4v) is 1.88. The molecule has 26 heavy (non-hydrogen) atoms. The van der Waals surface area contributed by atoms with Crippen LogP contribution in [0, 0.1) is 11.6 Å². The highest BCUT2D eigenvalue weighted by atomic mass is 19.1. The zero-order valence-electron chi connectivity index (χ0n) is 14.1. The molecule has 2 aromatic carbocycles. The van der Waals surface area contributed by atoms with Crippen molar-refractivity contribution in [1.29, 1.82) is 0 Å². The summed E-state index contributed by atoms with van der Waals surface area (Å²) < 4.78 is 25.7. The van der Waals surface area contributed by atoms with Crippen LogP contribution in [0.1, 0.15) is 25.0 Å². The molecule has 0 aliphatic carbocycles. The lowest BCUT2D eigenvalue weighted by atomic mass is 10.1. The minimum atomic E-state index is -1.01. The lowest BCUT2D eigenvalue weighted by Crippen LogP contribution is -2.36. The molecule has 0 fully saturated rings. The molecule has 6 nitrogen and oxygen atoms in total. The minimum absolute atomic E-state index is 0.389. The molecule has 0 aliphatic rings. The number of hydrogen-bond donors (Lipinski definition) is 2. The van der Waals surface area contributed by atoms with E-state index in [1.807, 2.05) is 0 Å². The average Bonchev–Trinajstić information content (AvgIpc) is 2.64. The predicted octanol–water partition coefficient (Wildman–Crippen LogP) is 2.35. The lowest BCUT2D eigenvalue weighted by molar-refractivity contribution is -0.139. The number of benzene rings is 2. The van der Waals surface area contributed by atoms with Crippen LogP contribution in [-0.4, -0.2) is 23.2 Å². The summed E-state index contributed by atoms with van der Waals surface area (Å²) in [4.78, 5) is 23.4. The van der Waals surface area contributed by atoms with Gasteiger partial charge < -0.3 is 0 Å². The highest BCUT2D eigenvalue weighted by Crippen LogP contribution is 2.04. The largest absolute Gasteiger partial charge is 0.331 e. The summed E-state index contributed by atoms with van der Waals surface area (Å²) in [6.45, 7) is 3.20. The molecule has 2 aromatic rings. The highest BCUT2D eigenvalue weighted by molar-refractivity contribution is 6.35. The first-order valence-corrected chi connectivity index (χ1v) is 7.57. The van der Waals surface area contributed by atoms with Gasteiger partial charge in [0.25, 0.3) is 0 Å². The van der Waals surface area contributed by atoms with Crippen LogP contribution in [0.5, 0.6) is 0 Å². The number of halogens is 2. The molecule has 134 valence electrons. The number of carbonyl (C=O) groups excluding carboxylic acids is 2. The van der Waals surface area contributed by atoms with Gasteiger partial charge in [-0.15, -0.1) is 0 Å². The van der Waals surface area contributed by atoms with Crippen molar-refractivity contribution in [3.05, 3.63) is 71.3 Å². The second-order valence-electron chi connectivity index (χ2n) is 5.29. The summed E-state index contributed by atoms with van der Waals surface area (Å²) >= 11 is 0. The van der Waals surface area contributed by atoms with Crippen LogP contribution in [0.25, 0.3) is 0 Å². The van der Waals surface area contributed by atoms with E-state index in [9.17, 15) is 18.4 Å². The van der Waals surface area contributed by atoms with Crippen LogP contribution in [0.15, 0.2) is 58.7 Å². The van der Waals surface area contributed by atoms with Crippen molar-refractivity contribution in [1.82, 2.24) is 10.9 Å². The van der Waals surface area contributed by atoms with Gasteiger partial charge in [-0.1, -0.05) is 24.3 Å². The molecular formula is C18H16F2N4O2. The highest BCUT2D eigenvalue weighted by Gasteiger charge is 2.12. The molecule has 0 spiro atoms. The maximum Gasteiger partial charge on any atom is 0.331 e. The van der Waals surface area contributed by atoms with Crippen molar-refractivity contribution in [2.45, 2.75) is 13.8 Å². The molecular weight excluding hydrogens is 342 g/mol. The number of rotatable bonds is 4. The first-order valence-electron chi connectivity index (χ1n) is 7.57. The summed E-state index contributed by atoms with van der Waals surface area (Å²) in [5.74, 6) is -2.80. The SMILES string of the molecule is C/C(=N\NC(=O)C(=O)N/N=C(\C)c1ccc(F)cc1)c1ccc(F)cc1. The Balaban J connectivity index is 1.93. The summed E-state index contributed by atoms with van der Waals surface area (Å²) in [6.07, 6.45) is 0. The van der Waals surface area contributed by atoms with Crippen molar-refractivity contribution >= 4 is 23.2 Å². The van der Waals surface area contributed by atoms with E-state index in [1.165, 1.54) is 48.5 Å². The number of amides is 2. The quantitative estimate of drug-likeness (QED) is 0.500. The minimum Gasteiger partial charge on any atom is -0.262 e. The third kappa shape index (κ3) is 5.30. The van der Waals surface area contributed by atoms with Gasteiger partial charge in [0.15, 0.2) is 0 Å². The molecule has 0 aliphatic heterocycles. The Bertz CT molecular complexity index is 786. The molecule has 0 bridgehead atoms. The van der Waals surface area contributed by atoms with Crippen LogP contribution in [0.4, 0.5) is 8.78 Å². The molecule has 0 saturated carbocycles. The third-order valence-corrected chi connectivity index (χ3v) is 3.38. The zero-order chi connectivity index (χ0) is 19.1. The van der Waals surface area contributed by atoms with E-state index < -0.39 is 11.8 Å². The molecule has 0 heterocycles. The van der Waals surface area contributed by atoms with E-state index in [0.717, 1.165) is 0 Å². The molecule has 0 atom stereocenters. The standard InChI is InChI=1S/C18H16F2N4O2/c1-11(13-3-7-15(19)8-4-13)21-23-17(25)18(26)24-22-12(2)14-5-9-16(20)10-6-14/h3-10H,1-2H3,(H,23,25)(H,24,26)/b21-11+,22-12+. The smallest absolute Gasteiger partial charge is 0.262 e. The van der Waals surface area contributed by atoms with E-state index in [2.05, 4.69) is 21.1 Å². The van der Waals surface area contributed by atoms with Gasteiger partial charge in [0.2, 0.25) is 0 Å². The lowest BCUT2D eigenvalue weighted by Gasteiger charge is -2.04. The van der Waals surface area contributed by atoms with Gasteiger partial charge >= 0.3 is 11.8 Å². The molecule has 0 radical (unpaired) electrons. The zero-order valence-corrected chi connectivity index (χ0v) is 14.1. The van der Waals surface area contributed by atoms with E-state index in [1.54, 1.807) is 13.8 Å². The second kappa shape index (κ2) is 8.61. The molecule has 8 heteroatoms.